The predicted molar refractivity (Wildman–Crippen MR) is 80.4 cm³/mol. The Kier molecular flexibility index (Phi) is 3.66. The van der Waals surface area contributed by atoms with E-state index >= 15 is 0 Å². The number of nitrogens with zero attached hydrogens (tertiary/aromatic N) is 2. The maximum Gasteiger partial charge on any atom is 0.337 e. The normalized spacial score (nSPS) is 10.8. The summed E-state index contributed by atoms with van der Waals surface area (Å²) in [5.41, 5.74) is 1.22. The second-order valence-electron chi connectivity index (χ2n) is 4.05. The highest BCUT2D eigenvalue weighted by atomic mass is 32.2. The van der Waals surface area contributed by atoms with Gasteiger partial charge in [0.15, 0.2) is 0 Å². The van der Waals surface area contributed by atoms with E-state index in [1.54, 1.807) is 35.2 Å². The number of fused-ring (bicyclic) bond motifs is 1. The van der Waals surface area contributed by atoms with Crippen LogP contribution in [0.15, 0.2) is 47.6 Å². The van der Waals surface area contributed by atoms with E-state index in [1.807, 2.05) is 18.2 Å². The maximum absolute atomic E-state index is 10.7. The summed E-state index contributed by atoms with van der Waals surface area (Å²) < 4.78 is 1.18. The van der Waals surface area contributed by atoms with E-state index in [9.17, 15) is 4.79 Å². The second-order valence-corrected chi connectivity index (χ2v) is 6.17. The molecular weight excluding hydrogens is 292 g/mol. The summed E-state index contributed by atoms with van der Waals surface area (Å²) in [4.78, 5) is 19.4. The Morgan fingerprint density at radius 3 is 2.80 bits per heavy atom. The Morgan fingerprint density at radius 1 is 1.25 bits per heavy atom. The molecule has 2 aromatic heterocycles. The van der Waals surface area contributed by atoms with Gasteiger partial charge in [0, 0.05) is 6.20 Å². The van der Waals surface area contributed by atoms with Crippen LogP contribution in [0.2, 0.25) is 0 Å². The first-order chi connectivity index (χ1) is 9.72. The number of carbonyl (C=O) groups is 1. The first kappa shape index (κ1) is 13.1. The smallest absolute Gasteiger partial charge is 0.337 e. The molecule has 1 aromatic carbocycles. The molecule has 3 rings (SSSR count). The molecule has 100 valence electrons. The number of hydrogen-bond donors (Lipinski definition) is 1. The summed E-state index contributed by atoms with van der Waals surface area (Å²) in [6.45, 7) is 0. The lowest BCUT2D eigenvalue weighted by Crippen LogP contribution is -1.96. The quantitative estimate of drug-likeness (QED) is 0.745. The van der Waals surface area contributed by atoms with Gasteiger partial charge in [-0.15, -0.1) is 11.3 Å². The van der Waals surface area contributed by atoms with Crippen molar-refractivity contribution in [2.24, 2.45) is 0 Å². The summed E-state index contributed by atoms with van der Waals surface area (Å²) in [6.07, 6.45) is 1.38. The van der Waals surface area contributed by atoms with Crippen molar-refractivity contribution in [2.75, 3.05) is 0 Å². The fourth-order valence-electron chi connectivity index (χ4n) is 1.71. The van der Waals surface area contributed by atoms with E-state index in [2.05, 4.69) is 16.0 Å². The summed E-state index contributed by atoms with van der Waals surface area (Å²) in [7, 11) is 0. The van der Waals surface area contributed by atoms with Gasteiger partial charge in [-0.25, -0.2) is 14.8 Å². The summed E-state index contributed by atoms with van der Waals surface area (Å²) in [6, 6.07) is 11.3. The van der Waals surface area contributed by atoms with Crippen LogP contribution in [0.4, 0.5) is 0 Å². The fraction of sp³-hybridized carbons (Fsp3) is 0.0714. The molecule has 0 saturated heterocycles. The molecule has 0 saturated carbocycles. The molecule has 6 heteroatoms. The van der Waals surface area contributed by atoms with Gasteiger partial charge in [0.1, 0.15) is 5.01 Å². The van der Waals surface area contributed by atoms with Gasteiger partial charge in [0.2, 0.25) is 0 Å². The molecule has 3 aromatic rings. The van der Waals surface area contributed by atoms with Crippen molar-refractivity contribution >= 4 is 39.3 Å². The van der Waals surface area contributed by atoms with E-state index in [4.69, 9.17) is 5.11 Å². The Hall–Kier alpha value is -1.92. The van der Waals surface area contributed by atoms with Crippen LogP contribution in [0, 0.1) is 0 Å². The fourth-order valence-corrected chi connectivity index (χ4v) is 3.51. The molecule has 20 heavy (non-hydrogen) atoms. The number of carboxylic acid groups (broad SMARTS) is 1. The second kappa shape index (κ2) is 5.60. The van der Waals surface area contributed by atoms with Crippen LogP contribution in [0.3, 0.4) is 0 Å². The zero-order chi connectivity index (χ0) is 13.9. The van der Waals surface area contributed by atoms with E-state index in [0.717, 1.165) is 21.3 Å². The molecular formula is C14H10N2O2S2. The van der Waals surface area contributed by atoms with Crippen LogP contribution in [-0.2, 0) is 5.75 Å². The van der Waals surface area contributed by atoms with Crippen molar-refractivity contribution in [1.82, 2.24) is 9.97 Å². The molecule has 0 fully saturated rings. The summed E-state index contributed by atoms with van der Waals surface area (Å²) in [5.74, 6) is -0.223. The molecule has 0 atom stereocenters. The molecule has 2 heterocycles. The average molecular weight is 302 g/mol. The first-order valence-corrected chi connectivity index (χ1v) is 7.69. The largest absolute Gasteiger partial charge is 0.478 e. The van der Waals surface area contributed by atoms with Crippen molar-refractivity contribution in [3.05, 3.63) is 53.2 Å². The molecule has 0 unspecified atom stereocenters. The molecule has 0 aliphatic heterocycles. The number of para-hydroxylation sites is 1. The Labute approximate surface area is 123 Å². The van der Waals surface area contributed by atoms with Crippen molar-refractivity contribution in [2.45, 2.75) is 10.8 Å². The van der Waals surface area contributed by atoms with Gasteiger partial charge in [-0.2, -0.15) is 0 Å². The van der Waals surface area contributed by atoms with Gasteiger partial charge in [-0.1, -0.05) is 23.9 Å². The highest BCUT2D eigenvalue weighted by Gasteiger charge is 2.06. The molecule has 4 nitrogen and oxygen atoms in total. The van der Waals surface area contributed by atoms with Gasteiger partial charge >= 0.3 is 5.97 Å². The topological polar surface area (TPSA) is 63.1 Å². The van der Waals surface area contributed by atoms with Gasteiger partial charge in [-0.3, -0.25) is 0 Å². The highest BCUT2D eigenvalue weighted by Crippen LogP contribution is 2.27. The lowest BCUT2D eigenvalue weighted by Gasteiger charge is -1.98. The third kappa shape index (κ3) is 2.81. The predicted octanol–water partition coefficient (Wildman–Crippen LogP) is 3.68. The van der Waals surface area contributed by atoms with Crippen molar-refractivity contribution in [1.29, 1.82) is 0 Å². The number of rotatable bonds is 4. The van der Waals surface area contributed by atoms with Crippen LogP contribution in [0.5, 0.6) is 0 Å². The number of thiazole rings is 1. The SMILES string of the molecule is O=C(O)c1ccc(SCc2nc3ccccc3s2)nc1. The van der Waals surface area contributed by atoms with E-state index < -0.39 is 5.97 Å². The number of aromatic carboxylic acids is 1. The maximum atomic E-state index is 10.7. The monoisotopic (exact) mass is 302 g/mol. The van der Waals surface area contributed by atoms with Crippen molar-refractivity contribution in [3.63, 3.8) is 0 Å². The van der Waals surface area contributed by atoms with Crippen LogP contribution >= 0.6 is 23.1 Å². The van der Waals surface area contributed by atoms with Crippen LogP contribution in [0.25, 0.3) is 10.2 Å². The summed E-state index contributed by atoms with van der Waals surface area (Å²) >= 11 is 3.22. The van der Waals surface area contributed by atoms with E-state index in [-0.39, 0.29) is 5.56 Å². The van der Waals surface area contributed by atoms with E-state index in [1.165, 1.54) is 10.9 Å². The molecule has 1 N–H and O–H groups in total. The minimum Gasteiger partial charge on any atom is -0.478 e. The number of hydrogen-bond acceptors (Lipinski definition) is 5. The number of carboxylic acids is 1. The minimum absolute atomic E-state index is 0.203. The number of pyridine rings is 1. The van der Waals surface area contributed by atoms with Crippen molar-refractivity contribution in [3.8, 4) is 0 Å². The van der Waals surface area contributed by atoms with Gasteiger partial charge < -0.3 is 5.11 Å². The zero-order valence-corrected chi connectivity index (χ0v) is 11.9. The van der Waals surface area contributed by atoms with Gasteiger partial charge in [-0.05, 0) is 24.3 Å². The molecule has 0 amide bonds. The van der Waals surface area contributed by atoms with Gasteiger partial charge in [0.25, 0.3) is 0 Å². The molecule has 0 aliphatic carbocycles. The van der Waals surface area contributed by atoms with Crippen LogP contribution in [0.1, 0.15) is 15.4 Å². The first-order valence-electron chi connectivity index (χ1n) is 5.89. The molecule has 0 aliphatic rings. The molecule has 0 bridgehead atoms. The lowest BCUT2D eigenvalue weighted by molar-refractivity contribution is 0.0696. The number of aromatic nitrogens is 2. The Morgan fingerprint density at radius 2 is 2.10 bits per heavy atom. The third-order valence-corrected chi connectivity index (χ3v) is 4.84. The van der Waals surface area contributed by atoms with Crippen LogP contribution in [-0.4, -0.2) is 21.0 Å². The van der Waals surface area contributed by atoms with Crippen molar-refractivity contribution < 1.29 is 9.90 Å². The molecule has 0 radical (unpaired) electrons. The third-order valence-electron chi connectivity index (χ3n) is 2.66. The Bertz CT molecular complexity index is 720. The molecule has 0 spiro atoms. The number of thioether (sulfide) groups is 1. The standard InChI is InChI=1S/C14H10N2O2S2/c17-14(18)9-5-6-12(15-7-9)19-8-13-16-10-3-1-2-4-11(10)20-13/h1-7H,8H2,(H,17,18). The zero-order valence-electron chi connectivity index (χ0n) is 10.3. The minimum atomic E-state index is -0.958. The van der Waals surface area contributed by atoms with Crippen LogP contribution < -0.4 is 0 Å². The lowest BCUT2D eigenvalue weighted by atomic mass is 10.3. The average Bonchev–Trinajstić information content (AvgIpc) is 2.88. The highest BCUT2D eigenvalue weighted by molar-refractivity contribution is 7.98. The van der Waals surface area contributed by atoms with E-state index in [0.29, 0.717) is 0 Å². The Balaban J connectivity index is 1.71. The number of benzene rings is 1. The summed E-state index contributed by atoms with van der Waals surface area (Å²) in [5, 5.41) is 10.7. The van der Waals surface area contributed by atoms with Gasteiger partial charge in [0.05, 0.1) is 26.6 Å².